The van der Waals surface area contributed by atoms with E-state index in [0.717, 1.165) is 32.7 Å². The van der Waals surface area contributed by atoms with Gasteiger partial charge >= 0.3 is 0 Å². The molecule has 1 aliphatic heterocycles. The zero-order chi connectivity index (χ0) is 11.4. The second-order valence-corrected chi connectivity index (χ2v) is 4.65. The van der Waals surface area contributed by atoms with E-state index in [1.165, 1.54) is 5.56 Å². The Morgan fingerprint density at radius 1 is 1.56 bits per heavy atom. The van der Waals surface area contributed by atoms with Crippen LogP contribution < -0.4 is 0 Å². The molecule has 0 amide bonds. The van der Waals surface area contributed by atoms with Crippen molar-refractivity contribution in [2.45, 2.75) is 26.0 Å². The molecule has 0 N–H and O–H groups in total. The van der Waals surface area contributed by atoms with Gasteiger partial charge in [-0.15, -0.1) is 0 Å². The highest BCUT2D eigenvalue weighted by Gasteiger charge is 2.14. The van der Waals surface area contributed by atoms with Gasteiger partial charge in [0.1, 0.15) is 5.15 Å². The van der Waals surface area contributed by atoms with Crippen LogP contribution in [0.4, 0.5) is 0 Å². The largest absolute Gasteiger partial charge is 0.377 e. The van der Waals surface area contributed by atoms with Crippen molar-refractivity contribution >= 4 is 11.6 Å². The first-order chi connectivity index (χ1) is 7.74. The Hall–Kier alpha value is -0.640. The van der Waals surface area contributed by atoms with Gasteiger partial charge in [-0.1, -0.05) is 17.7 Å². The molecular weight excluding hydrogens is 224 g/mol. The zero-order valence-corrected chi connectivity index (χ0v) is 10.3. The zero-order valence-electron chi connectivity index (χ0n) is 9.53. The van der Waals surface area contributed by atoms with Gasteiger partial charge in [-0.25, -0.2) is 4.98 Å². The fraction of sp³-hybridized carbons (Fsp3) is 0.583. The van der Waals surface area contributed by atoms with Crippen LogP contribution in [0.5, 0.6) is 0 Å². The van der Waals surface area contributed by atoms with Gasteiger partial charge in [-0.3, -0.25) is 4.90 Å². The highest BCUT2D eigenvalue weighted by molar-refractivity contribution is 6.29. The summed E-state index contributed by atoms with van der Waals surface area (Å²) in [5.74, 6) is 0. The quantitative estimate of drug-likeness (QED) is 0.742. The van der Waals surface area contributed by atoms with E-state index in [0.29, 0.717) is 11.3 Å². The van der Waals surface area contributed by atoms with Crippen molar-refractivity contribution in [1.82, 2.24) is 9.88 Å². The second-order valence-electron chi connectivity index (χ2n) is 4.26. The van der Waals surface area contributed by atoms with Gasteiger partial charge in [-0.2, -0.15) is 0 Å². The molecule has 1 fully saturated rings. The lowest BCUT2D eigenvalue weighted by Gasteiger charge is -2.21. The Morgan fingerprint density at radius 2 is 2.44 bits per heavy atom. The van der Waals surface area contributed by atoms with E-state index in [1.54, 1.807) is 0 Å². The Kier molecular flexibility index (Phi) is 4.16. The van der Waals surface area contributed by atoms with E-state index in [1.807, 2.05) is 18.3 Å². The van der Waals surface area contributed by atoms with Gasteiger partial charge in [0.15, 0.2) is 0 Å². The van der Waals surface area contributed by atoms with Gasteiger partial charge in [0, 0.05) is 32.4 Å². The van der Waals surface area contributed by atoms with Gasteiger partial charge in [0.05, 0.1) is 6.10 Å². The van der Waals surface area contributed by atoms with Crippen molar-refractivity contribution in [2.24, 2.45) is 0 Å². The maximum atomic E-state index is 5.76. The van der Waals surface area contributed by atoms with Gasteiger partial charge in [0.2, 0.25) is 0 Å². The minimum Gasteiger partial charge on any atom is -0.377 e. The van der Waals surface area contributed by atoms with Crippen LogP contribution >= 0.6 is 11.6 Å². The molecule has 1 saturated heterocycles. The summed E-state index contributed by atoms with van der Waals surface area (Å²) >= 11 is 5.76. The Balaban J connectivity index is 1.95. The Morgan fingerprint density at radius 3 is 3.19 bits per heavy atom. The fourth-order valence-electron chi connectivity index (χ4n) is 1.98. The van der Waals surface area contributed by atoms with Crippen molar-refractivity contribution < 1.29 is 4.74 Å². The number of ether oxygens (including phenoxy) is 1. The predicted octanol–water partition coefficient (Wildman–Crippen LogP) is 2.35. The molecular formula is C12H17ClN2O. The highest BCUT2D eigenvalue weighted by Crippen LogP contribution is 2.11. The summed E-state index contributed by atoms with van der Waals surface area (Å²) in [5, 5.41) is 0.552. The maximum absolute atomic E-state index is 5.76. The molecule has 4 heteroatoms. The van der Waals surface area contributed by atoms with Crippen LogP contribution in [0.25, 0.3) is 0 Å². The molecule has 0 saturated carbocycles. The summed E-state index contributed by atoms with van der Waals surface area (Å²) in [6.07, 6.45) is 3.27. The first-order valence-electron chi connectivity index (χ1n) is 5.68. The molecule has 0 bridgehead atoms. The summed E-state index contributed by atoms with van der Waals surface area (Å²) in [6.45, 7) is 6.00. The third kappa shape index (κ3) is 3.44. The van der Waals surface area contributed by atoms with E-state index in [9.17, 15) is 0 Å². The molecule has 0 spiro atoms. The van der Waals surface area contributed by atoms with Crippen molar-refractivity contribution in [3.63, 3.8) is 0 Å². The Bertz CT molecular complexity index is 328. The fourth-order valence-corrected chi connectivity index (χ4v) is 2.09. The van der Waals surface area contributed by atoms with Crippen molar-refractivity contribution in [3.8, 4) is 0 Å². The molecule has 1 aromatic heterocycles. The summed E-state index contributed by atoms with van der Waals surface area (Å²) in [7, 11) is 0. The van der Waals surface area contributed by atoms with E-state index in [-0.39, 0.29) is 0 Å². The normalized spacial score (nSPS) is 23.0. The summed E-state index contributed by atoms with van der Waals surface area (Å²) in [6, 6.07) is 3.88. The first kappa shape index (κ1) is 11.8. The standard InChI is InChI=1S/C12H17ClN2O/c1-10-8-15(5-2-6-16-10)9-11-3-4-12(13)14-7-11/h3-4,7,10H,2,5-6,8-9H2,1H3. The molecule has 2 heterocycles. The summed E-state index contributed by atoms with van der Waals surface area (Å²) in [5.41, 5.74) is 1.21. The number of pyridine rings is 1. The lowest BCUT2D eigenvalue weighted by Crippen LogP contribution is -2.29. The predicted molar refractivity (Wildman–Crippen MR) is 64.6 cm³/mol. The molecule has 1 unspecified atom stereocenters. The van der Waals surface area contributed by atoms with Crippen molar-refractivity contribution in [1.29, 1.82) is 0 Å². The van der Waals surface area contributed by atoms with Crippen LogP contribution in [0.3, 0.4) is 0 Å². The number of nitrogens with zero attached hydrogens (tertiary/aromatic N) is 2. The smallest absolute Gasteiger partial charge is 0.129 e. The van der Waals surface area contributed by atoms with Crippen LogP contribution in [0.15, 0.2) is 18.3 Å². The molecule has 0 aromatic carbocycles. The lowest BCUT2D eigenvalue weighted by molar-refractivity contribution is 0.0668. The number of hydrogen-bond donors (Lipinski definition) is 0. The molecule has 0 radical (unpaired) electrons. The van der Waals surface area contributed by atoms with E-state index < -0.39 is 0 Å². The third-order valence-electron chi connectivity index (χ3n) is 2.73. The molecule has 88 valence electrons. The van der Waals surface area contributed by atoms with E-state index in [4.69, 9.17) is 16.3 Å². The van der Waals surface area contributed by atoms with Crippen molar-refractivity contribution in [3.05, 3.63) is 29.0 Å². The van der Waals surface area contributed by atoms with Crippen LogP contribution in [-0.4, -0.2) is 35.7 Å². The highest BCUT2D eigenvalue weighted by atomic mass is 35.5. The number of halogens is 1. The van der Waals surface area contributed by atoms with Crippen LogP contribution in [0, 0.1) is 0 Å². The minimum atomic E-state index is 0.322. The van der Waals surface area contributed by atoms with Crippen LogP contribution in [0.1, 0.15) is 18.9 Å². The molecule has 1 aromatic rings. The summed E-state index contributed by atoms with van der Waals surface area (Å²) < 4.78 is 5.61. The van der Waals surface area contributed by atoms with E-state index in [2.05, 4.69) is 16.8 Å². The first-order valence-corrected chi connectivity index (χ1v) is 6.06. The molecule has 1 atom stereocenters. The number of hydrogen-bond acceptors (Lipinski definition) is 3. The van der Waals surface area contributed by atoms with E-state index >= 15 is 0 Å². The Labute approximate surface area is 101 Å². The average Bonchev–Trinajstić information content (AvgIpc) is 2.46. The minimum absolute atomic E-state index is 0.322. The average molecular weight is 241 g/mol. The maximum Gasteiger partial charge on any atom is 0.129 e. The third-order valence-corrected chi connectivity index (χ3v) is 2.95. The molecule has 16 heavy (non-hydrogen) atoms. The molecule has 0 aliphatic carbocycles. The van der Waals surface area contributed by atoms with Crippen LogP contribution in [-0.2, 0) is 11.3 Å². The monoisotopic (exact) mass is 240 g/mol. The van der Waals surface area contributed by atoms with Gasteiger partial charge in [0.25, 0.3) is 0 Å². The number of aromatic nitrogens is 1. The second kappa shape index (κ2) is 5.62. The SMILES string of the molecule is CC1CN(Cc2ccc(Cl)nc2)CCCO1. The topological polar surface area (TPSA) is 25.4 Å². The number of rotatable bonds is 2. The molecule has 2 rings (SSSR count). The lowest BCUT2D eigenvalue weighted by atomic mass is 10.2. The summed E-state index contributed by atoms with van der Waals surface area (Å²) in [4.78, 5) is 6.50. The van der Waals surface area contributed by atoms with Gasteiger partial charge in [-0.05, 0) is 25.0 Å². The van der Waals surface area contributed by atoms with Crippen LogP contribution in [0.2, 0.25) is 5.15 Å². The van der Waals surface area contributed by atoms with Crippen molar-refractivity contribution in [2.75, 3.05) is 19.7 Å². The molecule has 1 aliphatic rings. The molecule has 3 nitrogen and oxygen atoms in total. The van der Waals surface area contributed by atoms with Gasteiger partial charge < -0.3 is 4.74 Å².